The number of hydrogen-bond donors (Lipinski definition) is 2. The lowest BCUT2D eigenvalue weighted by Crippen LogP contribution is -2.46. The van der Waals surface area contributed by atoms with Crippen LogP contribution >= 0.6 is 35.8 Å². The molecule has 31 heavy (non-hydrogen) atoms. The van der Waals surface area contributed by atoms with Gasteiger partial charge in [0.05, 0.1) is 10.1 Å². The van der Waals surface area contributed by atoms with E-state index in [-0.39, 0.29) is 10.6 Å². The van der Waals surface area contributed by atoms with E-state index in [0.29, 0.717) is 27.1 Å². The monoisotopic (exact) mass is 469 g/mol. The van der Waals surface area contributed by atoms with E-state index in [1.165, 1.54) is 0 Å². The van der Waals surface area contributed by atoms with Crippen molar-refractivity contribution in [2.24, 2.45) is 0 Å². The quantitative estimate of drug-likeness (QED) is 0.449. The van der Waals surface area contributed by atoms with Gasteiger partial charge in [-0.15, -0.1) is 12.6 Å². The van der Waals surface area contributed by atoms with Crippen LogP contribution < -0.4 is 10.2 Å². The van der Waals surface area contributed by atoms with Gasteiger partial charge in [0.15, 0.2) is 6.17 Å². The summed E-state index contributed by atoms with van der Waals surface area (Å²) in [5, 5.41) is 13.6. The fraction of sp³-hybridized carbons (Fsp3) is 0.130. The maximum Gasteiger partial charge on any atom is 0.266 e. The summed E-state index contributed by atoms with van der Waals surface area (Å²) in [6.07, 6.45) is -0.697. The van der Waals surface area contributed by atoms with Crippen molar-refractivity contribution in [3.8, 4) is 17.4 Å². The first-order valence-corrected chi connectivity index (χ1v) is 10.6. The average Bonchev–Trinajstić information content (AvgIpc) is 3.20. The fourth-order valence-corrected chi connectivity index (χ4v) is 4.35. The van der Waals surface area contributed by atoms with Gasteiger partial charge >= 0.3 is 0 Å². The van der Waals surface area contributed by atoms with Crippen molar-refractivity contribution in [2.45, 2.75) is 20.0 Å². The molecule has 0 fully saturated rings. The summed E-state index contributed by atoms with van der Waals surface area (Å²) in [7, 11) is 0. The summed E-state index contributed by atoms with van der Waals surface area (Å²) in [5.41, 5.74) is 3.42. The van der Waals surface area contributed by atoms with Gasteiger partial charge in [0.2, 0.25) is 0 Å². The zero-order valence-electron chi connectivity index (χ0n) is 16.6. The summed E-state index contributed by atoms with van der Waals surface area (Å²) in [6.45, 7) is 3.93. The Morgan fingerprint density at radius 3 is 2.61 bits per heavy atom. The number of carbonyl (C=O) groups excluding carboxylic acids is 1. The number of benzene rings is 2. The smallest absolute Gasteiger partial charge is 0.266 e. The molecular weight excluding hydrogens is 453 g/mol. The maximum atomic E-state index is 12.6. The first-order valence-electron chi connectivity index (χ1n) is 9.36. The van der Waals surface area contributed by atoms with Gasteiger partial charge in [-0.3, -0.25) is 4.79 Å². The number of rotatable bonds is 3. The average molecular weight is 470 g/mol. The number of nitrogens with one attached hydrogen (secondary N) is 1. The number of furan rings is 1. The van der Waals surface area contributed by atoms with Crippen molar-refractivity contribution >= 4 is 47.4 Å². The molecule has 5 nitrogen and oxygen atoms in total. The Kier molecular flexibility index (Phi) is 5.76. The van der Waals surface area contributed by atoms with Crippen LogP contribution in [0.1, 0.15) is 23.1 Å². The van der Waals surface area contributed by atoms with Gasteiger partial charge in [0.1, 0.15) is 23.2 Å². The summed E-state index contributed by atoms with van der Waals surface area (Å²) >= 11 is 16.9. The maximum absolute atomic E-state index is 12.6. The molecule has 0 aliphatic carbocycles. The van der Waals surface area contributed by atoms with Gasteiger partial charge in [-0.25, -0.2) is 0 Å². The van der Waals surface area contributed by atoms with Crippen LogP contribution in [-0.2, 0) is 4.79 Å². The minimum absolute atomic E-state index is 0.0620. The van der Waals surface area contributed by atoms with E-state index in [1.54, 1.807) is 35.2 Å². The van der Waals surface area contributed by atoms with Crippen molar-refractivity contribution in [1.82, 2.24) is 5.32 Å². The third-order valence-corrected chi connectivity index (χ3v) is 6.02. The van der Waals surface area contributed by atoms with E-state index < -0.39 is 12.1 Å². The molecule has 3 aromatic rings. The van der Waals surface area contributed by atoms with Crippen molar-refractivity contribution in [3.05, 3.63) is 86.1 Å². The highest BCUT2D eigenvalue weighted by Crippen LogP contribution is 2.40. The van der Waals surface area contributed by atoms with Gasteiger partial charge in [0.25, 0.3) is 5.91 Å². The minimum Gasteiger partial charge on any atom is -0.457 e. The number of hydrogen-bond acceptors (Lipinski definition) is 5. The lowest BCUT2D eigenvalue weighted by molar-refractivity contribution is -0.118. The Morgan fingerprint density at radius 1 is 1.13 bits per heavy atom. The van der Waals surface area contributed by atoms with E-state index in [1.807, 2.05) is 38.1 Å². The Hall–Kier alpha value is -2.85. The van der Waals surface area contributed by atoms with Crippen LogP contribution in [0.3, 0.4) is 0 Å². The Labute approximate surface area is 195 Å². The second-order valence-electron chi connectivity index (χ2n) is 7.17. The number of carbonyl (C=O) groups is 1. The van der Waals surface area contributed by atoms with Gasteiger partial charge < -0.3 is 14.6 Å². The molecule has 8 heteroatoms. The Balaban J connectivity index is 1.84. The van der Waals surface area contributed by atoms with Crippen molar-refractivity contribution in [2.75, 3.05) is 4.90 Å². The highest BCUT2D eigenvalue weighted by atomic mass is 35.5. The van der Waals surface area contributed by atoms with Gasteiger partial charge in [-0.1, -0.05) is 35.3 Å². The molecule has 2 heterocycles. The molecule has 1 atom stereocenters. The zero-order chi connectivity index (χ0) is 22.3. The third-order valence-electron chi connectivity index (χ3n) is 5.03. The molecular formula is C23H17Cl2N3O2S. The molecule has 1 N–H and O–H groups in total. The highest BCUT2D eigenvalue weighted by molar-refractivity contribution is 7.84. The molecule has 2 aromatic carbocycles. The van der Waals surface area contributed by atoms with Crippen LogP contribution in [-0.4, -0.2) is 5.91 Å². The number of aryl methyl sites for hydroxylation is 2. The van der Waals surface area contributed by atoms with E-state index in [4.69, 9.17) is 27.6 Å². The SMILES string of the molecule is Cc1ccc(C)c(N2C(S)=C(C#N)C(=O)NC2c2ccc(-c3ccc(Cl)cc3Cl)o2)c1. The number of anilines is 1. The second-order valence-corrected chi connectivity index (χ2v) is 8.44. The van der Waals surface area contributed by atoms with E-state index in [9.17, 15) is 10.1 Å². The Bertz CT molecular complexity index is 1280. The number of thiol groups is 1. The van der Waals surface area contributed by atoms with Crippen LogP contribution in [0.2, 0.25) is 10.0 Å². The van der Waals surface area contributed by atoms with Crippen molar-refractivity contribution < 1.29 is 9.21 Å². The largest absolute Gasteiger partial charge is 0.457 e. The second kappa shape index (κ2) is 8.35. The van der Waals surface area contributed by atoms with Gasteiger partial charge in [-0.2, -0.15) is 5.26 Å². The van der Waals surface area contributed by atoms with Crippen LogP contribution in [0, 0.1) is 25.2 Å². The standard InChI is InChI=1S/C23H17Cl2N3O2S/c1-12-3-4-13(2)18(9-12)28-21(27-22(29)16(11-26)23(28)31)20-8-7-19(30-20)15-6-5-14(24)10-17(15)25/h3-10,21,31H,1-2H3,(H,27,29). The predicted molar refractivity (Wildman–Crippen MR) is 125 cm³/mol. The van der Waals surface area contributed by atoms with Gasteiger partial charge in [-0.05, 0) is 61.4 Å². The van der Waals surface area contributed by atoms with Gasteiger partial charge in [0, 0.05) is 16.3 Å². The topological polar surface area (TPSA) is 69.3 Å². The van der Waals surface area contributed by atoms with Crippen molar-refractivity contribution in [3.63, 3.8) is 0 Å². The number of nitrogens with zero attached hydrogens (tertiary/aromatic N) is 2. The predicted octanol–water partition coefficient (Wildman–Crippen LogP) is 6.17. The van der Waals surface area contributed by atoms with E-state index >= 15 is 0 Å². The number of amides is 1. The molecule has 1 amide bonds. The molecule has 0 saturated heterocycles. The van der Waals surface area contributed by atoms with Crippen LogP contribution in [0.15, 0.2) is 63.6 Å². The first kappa shape index (κ1) is 21.4. The molecule has 1 aliphatic heterocycles. The van der Waals surface area contributed by atoms with E-state index in [2.05, 4.69) is 17.9 Å². The molecule has 0 saturated carbocycles. The summed E-state index contributed by atoms with van der Waals surface area (Å²) in [4.78, 5) is 14.4. The molecule has 0 spiro atoms. The third kappa shape index (κ3) is 3.92. The molecule has 4 rings (SSSR count). The fourth-order valence-electron chi connectivity index (χ4n) is 3.47. The van der Waals surface area contributed by atoms with Crippen LogP contribution in [0.4, 0.5) is 5.69 Å². The normalized spacial score (nSPS) is 16.3. The molecule has 1 aliphatic rings. The molecule has 0 radical (unpaired) electrons. The summed E-state index contributed by atoms with van der Waals surface area (Å²) < 4.78 is 6.09. The van der Waals surface area contributed by atoms with E-state index in [0.717, 1.165) is 16.8 Å². The lowest BCUT2D eigenvalue weighted by atomic mass is 10.1. The summed E-state index contributed by atoms with van der Waals surface area (Å²) in [5.74, 6) is 0.489. The number of nitriles is 1. The van der Waals surface area contributed by atoms with Crippen LogP contribution in [0.25, 0.3) is 11.3 Å². The highest BCUT2D eigenvalue weighted by Gasteiger charge is 2.36. The number of halogens is 2. The van der Waals surface area contributed by atoms with Crippen LogP contribution in [0.5, 0.6) is 0 Å². The molecule has 1 unspecified atom stereocenters. The lowest BCUT2D eigenvalue weighted by Gasteiger charge is -2.37. The minimum atomic E-state index is -0.697. The molecule has 156 valence electrons. The zero-order valence-corrected chi connectivity index (χ0v) is 19.0. The first-order chi connectivity index (χ1) is 14.8. The van der Waals surface area contributed by atoms with Crippen molar-refractivity contribution in [1.29, 1.82) is 5.26 Å². The summed E-state index contributed by atoms with van der Waals surface area (Å²) in [6, 6.07) is 16.6. The Morgan fingerprint density at radius 2 is 1.90 bits per heavy atom. The molecule has 0 bridgehead atoms. The molecule has 1 aromatic heterocycles.